The summed E-state index contributed by atoms with van der Waals surface area (Å²) in [4.78, 5) is 0.538. The van der Waals surface area contributed by atoms with Gasteiger partial charge in [-0.3, -0.25) is 0 Å². The molecule has 70 valence electrons. The van der Waals surface area contributed by atoms with E-state index >= 15 is 0 Å². The molecule has 1 aromatic rings. The van der Waals surface area contributed by atoms with Gasteiger partial charge >= 0.3 is 0 Å². The molecule has 0 amide bonds. The van der Waals surface area contributed by atoms with Crippen molar-refractivity contribution in [3.05, 3.63) is 28.8 Å². The molecule has 1 aromatic carbocycles. The van der Waals surface area contributed by atoms with Gasteiger partial charge in [-0.1, -0.05) is 22.0 Å². The summed E-state index contributed by atoms with van der Waals surface area (Å²) in [6, 6.07) is 4.18. The van der Waals surface area contributed by atoms with Gasteiger partial charge < -0.3 is 5.73 Å². The molecular weight excluding hydrogens is 226 g/mol. The van der Waals surface area contributed by atoms with Gasteiger partial charge in [0, 0.05) is 10.5 Å². The standard InChI is InChI=1S/C11H14BrN/c1-7-8-3-2-4-10(12)9(8)5-6-11(7)13/h5-6,10H,2-4,13H2,1H3. The van der Waals surface area contributed by atoms with E-state index in [9.17, 15) is 0 Å². The number of benzene rings is 1. The lowest BCUT2D eigenvalue weighted by molar-refractivity contribution is 0.678. The molecule has 1 atom stereocenters. The first-order valence-electron chi connectivity index (χ1n) is 4.72. The number of anilines is 1. The molecule has 0 radical (unpaired) electrons. The van der Waals surface area contributed by atoms with Crippen LogP contribution in [0.5, 0.6) is 0 Å². The quantitative estimate of drug-likeness (QED) is 0.546. The second-order valence-electron chi connectivity index (χ2n) is 3.71. The molecular formula is C11H14BrN. The lowest BCUT2D eigenvalue weighted by Crippen LogP contribution is -2.08. The molecule has 0 aromatic heterocycles. The molecule has 0 bridgehead atoms. The summed E-state index contributed by atoms with van der Waals surface area (Å²) < 4.78 is 0. The summed E-state index contributed by atoms with van der Waals surface area (Å²) in [5.74, 6) is 0. The highest BCUT2D eigenvalue weighted by Crippen LogP contribution is 2.38. The van der Waals surface area contributed by atoms with Gasteiger partial charge in [-0.15, -0.1) is 0 Å². The Labute approximate surface area is 87.5 Å². The van der Waals surface area contributed by atoms with Crippen molar-refractivity contribution in [1.82, 2.24) is 0 Å². The fourth-order valence-corrected chi connectivity index (χ4v) is 2.79. The largest absolute Gasteiger partial charge is 0.399 e. The van der Waals surface area contributed by atoms with Crippen LogP contribution >= 0.6 is 15.9 Å². The van der Waals surface area contributed by atoms with Gasteiger partial charge in [0.25, 0.3) is 0 Å². The first-order chi connectivity index (χ1) is 6.20. The van der Waals surface area contributed by atoms with Crippen molar-refractivity contribution in [2.75, 3.05) is 5.73 Å². The van der Waals surface area contributed by atoms with Crippen LogP contribution in [-0.4, -0.2) is 0 Å². The minimum atomic E-state index is 0.538. The highest BCUT2D eigenvalue weighted by molar-refractivity contribution is 9.09. The van der Waals surface area contributed by atoms with Gasteiger partial charge in [0.1, 0.15) is 0 Å². The number of hydrogen-bond donors (Lipinski definition) is 1. The lowest BCUT2D eigenvalue weighted by Gasteiger charge is -2.23. The maximum Gasteiger partial charge on any atom is 0.0398 e. The average Bonchev–Trinajstić information content (AvgIpc) is 2.12. The van der Waals surface area contributed by atoms with Gasteiger partial charge in [-0.25, -0.2) is 0 Å². The molecule has 1 aliphatic rings. The number of nitrogen functional groups attached to an aromatic ring is 1. The predicted octanol–water partition coefficient (Wildman–Crippen LogP) is 3.35. The molecule has 0 aliphatic heterocycles. The highest BCUT2D eigenvalue weighted by Gasteiger charge is 2.19. The third-order valence-electron chi connectivity index (χ3n) is 2.90. The third kappa shape index (κ3) is 1.48. The van der Waals surface area contributed by atoms with Crippen molar-refractivity contribution >= 4 is 21.6 Å². The Morgan fingerprint density at radius 2 is 2.23 bits per heavy atom. The van der Waals surface area contributed by atoms with Crippen molar-refractivity contribution < 1.29 is 0 Å². The third-order valence-corrected chi connectivity index (χ3v) is 3.85. The van der Waals surface area contributed by atoms with E-state index in [4.69, 9.17) is 5.73 Å². The summed E-state index contributed by atoms with van der Waals surface area (Å²) in [5, 5.41) is 0. The van der Waals surface area contributed by atoms with Gasteiger partial charge in [0.2, 0.25) is 0 Å². The highest BCUT2D eigenvalue weighted by atomic mass is 79.9. The van der Waals surface area contributed by atoms with Crippen LogP contribution in [0.15, 0.2) is 12.1 Å². The predicted molar refractivity (Wildman–Crippen MR) is 60.2 cm³/mol. The van der Waals surface area contributed by atoms with Crippen molar-refractivity contribution in [2.45, 2.75) is 31.0 Å². The molecule has 2 N–H and O–H groups in total. The Bertz CT molecular complexity index is 333. The Morgan fingerprint density at radius 1 is 1.46 bits per heavy atom. The van der Waals surface area contributed by atoms with Crippen LogP contribution in [0.3, 0.4) is 0 Å². The van der Waals surface area contributed by atoms with Crippen LogP contribution in [0.2, 0.25) is 0 Å². The van der Waals surface area contributed by atoms with Gasteiger partial charge in [-0.05, 0) is 48.9 Å². The second kappa shape index (κ2) is 3.33. The molecule has 1 unspecified atom stereocenters. The van der Waals surface area contributed by atoms with E-state index in [0.29, 0.717) is 4.83 Å². The molecule has 0 spiro atoms. The van der Waals surface area contributed by atoms with E-state index in [1.807, 2.05) is 6.07 Å². The SMILES string of the molecule is Cc1c(N)ccc2c1CCCC2Br. The molecule has 1 aliphatic carbocycles. The van der Waals surface area contributed by atoms with Crippen molar-refractivity contribution in [3.63, 3.8) is 0 Å². The Balaban J connectivity index is 2.56. The number of nitrogens with two attached hydrogens (primary N) is 1. The lowest BCUT2D eigenvalue weighted by atomic mass is 9.88. The van der Waals surface area contributed by atoms with E-state index in [-0.39, 0.29) is 0 Å². The zero-order chi connectivity index (χ0) is 9.42. The average molecular weight is 240 g/mol. The van der Waals surface area contributed by atoms with E-state index in [1.54, 1.807) is 0 Å². The summed E-state index contributed by atoms with van der Waals surface area (Å²) in [6.07, 6.45) is 3.71. The molecule has 0 fully saturated rings. The number of rotatable bonds is 0. The van der Waals surface area contributed by atoms with E-state index < -0.39 is 0 Å². The van der Waals surface area contributed by atoms with Crippen LogP contribution in [0.25, 0.3) is 0 Å². The minimum absolute atomic E-state index is 0.538. The summed E-state index contributed by atoms with van der Waals surface area (Å²) in [6.45, 7) is 2.12. The molecule has 0 saturated carbocycles. The number of halogens is 1. The van der Waals surface area contributed by atoms with Crippen LogP contribution in [0.4, 0.5) is 5.69 Å². The maximum absolute atomic E-state index is 5.87. The number of alkyl halides is 1. The Morgan fingerprint density at radius 3 is 3.00 bits per heavy atom. The van der Waals surface area contributed by atoms with E-state index in [0.717, 1.165) is 5.69 Å². The zero-order valence-corrected chi connectivity index (χ0v) is 9.39. The van der Waals surface area contributed by atoms with Crippen LogP contribution in [0.1, 0.15) is 34.4 Å². The van der Waals surface area contributed by atoms with Gasteiger partial charge in [0.15, 0.2) is 0 Å². The summed E-state index contributed by atoms with van der Waals surface area (Å²) in [5.41, 5.74) is 11.0. The molecule has 0 saturated heterocycles. The van der Waals surface area contributed by atoms with Gasteiger partial charge in [-0.2, -0.15) is 0 Å². The second-order valence-corrected chi connectivity index (χ2v) is 4.81. The fourth-order valence-electron chi connectivity index (χ4n) is 2.03. The Hall–Kier alpha value is -0.500. The first kappa shape index (κ1) is 9.07. The molecule has 2 rings (SSSR count). The van der Waals surface area contributed by atoms with Crippen molar-refractivity contribution in [2.24, 2.45) is 0 Å². The molecule has 2 heteroatoms. The minimum Gasteiger partial charge on any atom is -0.399 e. The molecule has 13 heavy (non-hydrogen) atoms. The summed E-state index contributed by atoms with van der Waals surface area (Å²) in [7, 11) is 0. The van der Waals surface area contributed by atoms with E-state index in [2.05, 4.69) is 28.9 Å². The maximum atomic E-state index is 5.87. The van der Waals surface area contributed by atoms with Crippen molar-refractivity contribution in [3.8, 4) is 0 Å². The van der Waals surface area contributed by atoms with E-state index in [1.165, 1.54) is 36.0 Å². The smallest absolute Gasteiger partial charge is 0.0398 e. The topological polar surface area (TPSA) is 26.0 Å². The number of hydrogen-bond acceptors (Lipinski definition) is 1. The number of fused-ring (bicyclic) bond motifs is 1. The van der Waals surface area contributed by atoms with Crippen molar-refractivity contribution in [1.29, 1.82) is 0 Å². The van der Waals surface area contributed by atoms with Crippen LogP contribution in [0, 0.1) is 6.92 Å². The van der Waals surface area contributed by atoms with Gasteiger partial charge in [0.05, 0.1) is 0 Å². The van der Waals surface area contributed by atoms with Crippen LogP contribution in [-0.2, 0) is 6.42 Å². The normalized spacial score (nSPS) is 21.2. The fraction of sp³-hybridized carbons (Fsp3) is 0.455. The molecule has 0 heterocycles. The Kier molecular flexibility index (Phi) is 2.33. The monoisotopic (exact) mass is 239 g/mol. The summed E-state index contributed by atoms with van der Waals surface area (Å²) >= 11 is 3.70. The molecule has 1 nitrogen and oxygen atoms in total. The first-order valence-corrected chi connectivity index (χ1v) is 5.63. The van der Waals surface area contributed by atoms with Crippen LogP contribution < -0.4 is 5.73 Å². The zero-order valence-electron chi connectivity index (χ0n) is 7.81.